The molecule has 4 nitrogen and oxygen atoms in total. The summed E-state index contributed by atoms with van der Waals surface area (Å²) in [6, 6.07) is 25.0. The zero-order valence-corrected chi connectivity index (χ0v) is 20.8. The molecule has 35 heavy (non-hydrogen) atoms. The number of pyridine rings is 1. The molecule has 0 saturated heterocycles. The number of Topliss-reactive ketones (excluding diaryl/α,β-unsaturated/α-hetero) is 1. The first-order valence-corrected chi connectivity index (χ1v) is 13.7. The van der Waals surface area contributed by atoms with Crippen molar-refractivity contribution < 1.29 is 13.2 Å². The Kier molecular flexibility index (Phi) is 6.28. The fourth-order valence-corrected chi connectivity index (χ4v) is 6.17. The van der Waals surface area contributed by atoms with Gasteiger partial charge in [0.15, 0.2) is 9.84 Å². The SMILES string of the molecule is CC(C)c1cccc2ccc(CC(=O)[C@@H]3CC3c3ccc(S(=O)(=O)Cc4ccccn4)cc3)cc12. The summed E-state index contributed by atoms with van der Waals surface area (Å²) in [6.45, 7) is 4.38. The lowest BCUT2D eigenvalue weighted by Crippen LogP contribution is -2.07. The maximum atomic E-state index is 13.0. The minimum absolute atomic E-state index is 0.00187. The van der Waals surface area contributed by atoms with Crippen LogP contribution in [0.25, 0.3) is 10.8 Å². The highest BCUT2D eigenvalue weighted by Gasteiger charge is 2.43. The number of ketones is 1. The van der Waals surface area contributed by atoms with Crippen molar-refractivity contribution >= 4 is 26.4 Å². The van der Waals surface area contributed by atoms with Gasteiger partial charge in [-0.1, -0.05) is 68.4 Å². The third-order valence-electron chi connectivity index (χ3n) is 6.92. The van der Waals surface area contributed by atoms with Crippen molar-refractivity contribution in [2.24, 2.45) is 5.92 Å². The van der Waals surface area contributed by atoms with Crippen molar-refractivity contribution in [2.75, 3.05) is 0 Å². The second-order valence-electron chi connectivity index (χ2n) is 9.80. The van der Waals surface area contributed by atoms with Crippen LogP contribution in [0.5, 0.6) is 0 Å². The molecule has 5 rings (SSSR count). The number of aromatic nitrogens is 1. The number of carbonyl (C=O) groups excluding carboxylic acids is 1. The molecule has 0 spiro atoms. The highest BCUT2D eigenvalue weighted by Crippen LogP contribution is 2.48. The lowest BCUT2D eigenvalue weighted by Gasteiger charge is -2.11. The van der Waals surface area contributed by atoms with Gasteiger partial charge in [-0.15, -0.1) is 0 Å². The summed E-state index contributed by atoms with van der Waals surface area (Å²) in [5.41, 5.74) is 3.91. The molecule has 1 unspecified atom stereocenters. The molecule has 0 aliphatic heterocycles. The topological polar surface area (TPSA) is 64.1 Å². The van der Waals surface area contributed by atoms with E-state index in [1.165, 1.54) is 16.3 Å². The zero-order valence-electron chi connectivity index (χ0n) is 20.0. The first-order valence-electron chi connectivity index (χ1n) is 12.1. The van der Waals surface area contributed by atoms with E-state index in [2.05, 4.69) is 55.2 Å². The minimum Gasteiger partial charge on any atom is -0.299 e. The van der Waals surface area contributed by atoms with Crippen LogP contribution in [0.15, 0.2) is 90.0 Å². The second kappa shape index (κ2) is 9.38. The van der Waals surface area contributed by atoms with E-state index in [9.17, 15) is 13.2 Å². The number of fused-ring (bicyclic) bond motifs is 1. The molecule has 5 heteroatoms. The van der Waals surface area contributed by atoms with Crippen LogP contribution < -0.4 is 0 Å². The number of benzene rings is 3. The Morgan fingerprint density at radius 1 is 0.971 bits per heavy atom. The van der Waals surface area contributed by atoms with Crippen LogP contribution in [0.3, 0.4) is 0 Å². The molecule has 3 aromatic carbocycles. The van der Waals surface area contributed by atoms with Gasteiger partial charge in [0, 0.05) is 18.5 Å². The smallest absolute Gasteiger partial charge is 0.184 e. The van der Waals surface area contributed by atoms with Crippen LogP contribution in [0, 0.1) is 5.92 Å². The van der Waals surface area contributed by atoms with E-state index in [0.29, 0.717) is 18.0 Å². The van der Waals surface area contributed by atoms with Crippen LogP contribution in [0.1, 0.15) is 54.5 Å². The predicted octanol–water partition coefficient (Wildman–Crippen LogP) is 6.25. The van der Waals surface area contributed by atoms with Crippen molar-refractivity contribution in [2.45, 2.75) is 49.2 Å². The normalized spacial score (nSPS) is 17.6. The van der Waals surface area contributed by atoms with E-state index in [-0.39, 0.29) is 28.3 Å². The molecule has 1 saturated carbocycles. The summed E-state index contributed by atoms with van der Waals surface area (Å²) in [6.07, 6.45) is 2.85. The predicted molar refractivity (Wildman–Crippen MR) is 139 cm³/mol. The average Bonchev–Trinajstić information content (AvgIpc) is 3.65. The molecule has 1 heterocycles. The number of hydrogen-bond acceptors (Lipinski definition) is 4. The molecule has 2 atom stereocenters. The first kappa shape index (κ1) is 23.4. The molecule has 1 aromatic heterocycles. The average molecular weight is 484 g/mol. The van der Waals surface area contributed by atoms with E-state index in [1.54, 1.807) is 36.5 Å². The van der Waals surface area contributed by atoms with Crippen LogP contribution in [0.2, 0.25) is 0 Å². The Morgan fingerprint density at radius 3 is 2.49 bits per heavy atom. The molecule has 0 bridgehead atoms. The van der Waals surface area contributed by atoms with Crippen LogP contribution in [0.4, 0.5) is 0 Å². The van der Waals surface area contributed by atoms with E-state index in [0.717, 1.165) is 17.5 Å². The molecule has 178 valence electrons. The molecule has 1 fully saturated rings. The standard InChI is InChI=1S/C30H29NO3S/c1-20(2)26-8-5-6-22-10-9-21(16-27(22)26)17-30(32)29-18-28(29)23-11-13-25(14-12-23)35(33,34)19-24-7-3-4-15-31-24/h3-16,20,28-29H,17-19H2,1-2H3/t28?,29-/m1/s1. The third kappa shape index (κ3) is 5.06. The highest BCUT2D eigenvalue weighted by atomic mass is 32.2. The van der Waals surface area contributed by atoms with Gasteiger partial charge in [0.25, 0.3) is 0 Å². The molecule has 0 N–H and O–H groups in total. The maximum absolute atomic E-state index is 13.0. The highest BCUT2D eigenvalue weighted by molar-refractivity contribution is 7.90. The summed E-state index contributed by atoms with van der Waals surface area (Å²) >= 11 is 0. The van der Waals surface area contributed by atoms with Gasteiger partial charge >= 0.3 is 0 Å². The second-order valence-corrected chi connectivity index (χ2v) is 11.8. The van der Waals surface area contributed by atoms with Gasteiger partial charge in [0.2, 0.25) is 0 Å². The minimum atomic E-state index is -3.46. The van der Waals surface area contributed by atoms with Crippen LogP contribution in [-0.2, 0) is 26.8 Å². The monoisotopic (exact) mass is 483 g/mol. The zero-order chi connectivity index (χ0) is 24.6. The van der Waals surface area contributed by atoms with Crippen molar-refractivity contribution in [3.05, 3.63) is 107 Å². The Bertz CT molecular complexity index is 1480. The number of sulfone groups is 1. The Hall–Kier alpha value is -3.31. The molecule has 4 aromatic rings. The van der Waals surface area contributed by atoms with Crippen LogP contribution in [-0.4, -0.2) is 19.2 Å². The number of hydrogen-bond donors (Lipinski definition) is 0. The van der Waals surface area contributed by atoms with Crippen molar-refractivity contribution in [1.29, 1.82) is 0 Å². The number of carbonyl (C=O) groups is 1. The molecule has 0 radical (unpaired) electrons. The van der Waals surface area contributed by atoms with E-state index < -0.39 is 9.84 Å². The number of rotatable bonds is 8. The summed E-state index contributed by atoms with van der Waals surface area (Å²) in [5, 5.41) is 2.43. The van der Waals surface area contributed by atoms with Crippen molar-refractivity contribution in [1.82, 2.24) is 4.98 Å². The van der Waals surface area contributed by atoms with Gasteiger partial charge < -0.3 is 0 Å². The fourth-order valence-electron chi connectivity index (χ4n) is 4.89. The third-order valence-corrected chi connectivity index (χ3v) is 8.58. The van der Waals surface area contributed by atoms with Crippen LogP contribution >= 0.6 is 0 Å². The summed E-state index contributed by atoms with van der Waals surface area (Å²) in [4.78, 5) is 17.4. The van der Waals surface area contributed by atoms with Gasteiger partial charge in [-0.3, -0.25) is 9.78 Å². The van der Waals surface area contributed by atoms with E-state index >= 15 is 0 Å². The summed E-state index contributed by atoms with van der Waals surface area (Å²) in [5.74, 6) is 0.724. The summed E-state index contributed by atoms with van der Waals surface area (Å²) < 4.78 is 25.5. The molecule has 0 amide bonds. The van der Waals surface area contributed by atoms with Gasteiger partial charge in [0.05, 0.1) is 16.3 Å². The fraction of sp³-hybridized carbons (Fsp3) is 0.267. The lowest BCUT2D eigenvalue weighted by molar-refractivity contribution is -0.119. The Balaban J connectivity index is 1.26. The number of nitrogens with zero attached hydrogens (tertiary/aromatic N) is 1. The van der Waals surface area contributed by atoms with Crippen molar-refractivity contribution in [3.8, 4) is 0 Å². The Labute approximate surface area is 207 Å². The molecular weight excluding hydrogens is 454 g/mol. The maximum Gasteiger partial charge on any atom is 0.184 e. The molecular formula is C30H29NO3S. The first-order chi connectivity index (χ1) is 16.8. The Morgan fingerprint density at radius 2 is 1.77 bits per heavy atom. The summed E-state index contributed by atoms with van der Waals surface area (Å²) in [7, 11) is -3.46. The lowest BCUT2D eigenvalue weighted by atomic mass is 9.93. The van der Waals surface area contributed by atoms with Gasteiger partial charge in [0.1, 0.15) is 5.78 Å². The van der Waals surface area contributed by atoms with E-state index in [1.807, 2.05) is 12.1 Å². The van der Waals surface area contributed by atoms with Gasteiger partial charge in [-0.05, 0) is 70.0 Å². The van der Waals surface area contributed by atoms with Gasteiger partial charge in [-0.2, -0.15) is 0 Å². The van der Waals surface area contributed by atoms with Crippen molar-refractivity contribution in [3.63, 3.8) is 0 Å². The largest absolute Gasteiger partial charge is 0.299 e. The van der Waals surface area contributed by atoms with Gasteiger partial charge in [-0.25, -0.2) is 8.42 Å². The molecule has 1 aliphatic rings. The quantitative estimate of drug-likeness (QED) is 0.297. The molecule has 1 aliphatic carbocycles. The van der Waals surface area contributed by atoms with E-state index in [4.69, 9.17) is 0 Å².